The monoisotopic (exact) mass is 134 g/mol. The lowest BCUT2D eigenvalue weighted by Crippen LogP contribution is -2.36. The van der Waals surface area contributed by atoms with Crippen molar-refractivity contribution in [2.24, 2.45) is 15.2 Å². The number of aliphatic imine (C=N–C) groups is 1. The quantitative estimate of drug-likeness (QED) is 0.523. The van der Waals surface area contributed by atoms with Gasteiger partial charge in [-0.3, -0.25) is 0 Å². The summed E-state index contributed by atoms with van der Waals surface area (Å²) in [5.41, 5.74) is 0. The second-order valence-electron chi connectivity index (χ2n) is 2.04. The Morgan fingerprint density at radius 1 is 1.40 bits per heavy atom. The Bertz CT molecular complexity index is 236. The third-order valence-corrected chi connectivity index (χ3v) is 1.33. The summed E-state index contributed by atoms with van der Waals surface area (Å²) in [4.78, 5) is 4.09. The average Bonchev–Trinajstić information content (AvgIpc) is 2.39. The van der Waals surface area contributed by atoms with Crippen LogP contribution in [0.2, 0.25) is 0 Å². The van der Waals surface area contributed by atoms with E-state index in [-0.39, 0.29) is 0 Å². The van der Waals surface area contributed by atoms with Crippen molar-refractivity contribution in [3.63, 3.8) is 0 Å². The first-order chi connectivity index (χ1) is 4.91. The fraction of sp³-hybridized carbons (Fsp3) is 0.167. The van der Waals surface area contributed by atoms with Crippen molar-refractivity contribution < 1.29 is 0 Å². The van der Waals surface area contributed by atoms with Crippen molar-refractivity contribution >= 4 is 6.21 Å². The summed E-state index contributed by atoms with van der Waals surface area (Å²) >= 11 is 0. The third-order valence-electron chi connectivity index (χ3n) is 1.33. The van der Waals surface area contributed by atoms with Crippen LogP contribution in [0, 0.1) is 0 Å². The minimum Gasteiger partial charge on any atom is -0.344 e. The molecule has 0 saturated carbocycles. The summed E-state index contributed by atoms with van der Waals surface area (Å²) in [5, 5.41) is 10.5. The van der Waals surface area contributed by atoms with Crippen LogP contribution < -0.4 is 5.32 Å². The van der Waals surface area contributed by atoms with Gasteiger partial charge < -0.3 is 5.32 Å². The Labute approximate surface area is 58.1 Å². The maximum absolute atomic E-state index is 4.09. The van der Waals surface area contributed by atoms with Gasteiger partial charge in [0.25, 0.3) is 5.79 Å². The summed E-state index contributed by atoms with van der Waals surface area (Å²) in [6, 6.07) is 0. The summed E-state index contributed by atoms with van der Waals surface area (Å²) in [6.45, 7) is 0. The number of nitrogens with one attached hydrogen (secondary N) is 1. The van der Waals surface area contributed by atoms with Crippen LogP contribution in [0.3, 0.4) is 0 Å². The lowest BCUT2D eigenvalue weighted by Gasteiger charge is -2.19. The molecule has 4 heteroatoms. The molecule has 0 saturated heterocycles. The number of azo groups is 1. The first kappa shape index (κ1) is 5.34. The van der Waals surface area contributed by atoms with Gasteiger partial charge in [-0.2, -0.15) is 5.11 Å². The molecule has 50 valence electrons. The van der Waals surface area contributed by atoms with Gasteiger partial charge in [-0.15, -0.1) is 5.11 Å². The molecule has 2 aliphatic heterocycles. The molecule has 0 aromatic rings. The van der Waals surface area contributed by atoms with Gasteiger partial charge >= 0.3 is 0 Å². The van der Waals surface area contributed by atoms with Crippen molar-refractivity contribution in [3.8, 4) is 0 Å². The average molecular weight is 134 g/mol. The summed E-state index contributed by atoms with van der Waals surface area (Å²) in [5.74, 6) is -0.616. The van der Waals surface area contributed by atoms with E-state index in [0.29, 0.717) is 0 Å². The highest BCUT2D eigenvalue weighted by molar-refractivity contribution is 5.72. The SMILES string of the molecule is C1=CNC2(C=CN=N2)N=C1. The van der Waals surface area contributed by atoms with E-state index in [4.69, 9.17) is 0 Å². The number of rotatable bonds is 0. The molecule has 2 heterocycles. The van der Waals surface area contributed by atoms with Crippen molar-refractivity contribution in [1.82, 2.24) is 5.32 Å². The van der Waals surface area contributed by atoms with Crippen LogP contribution in [0.4, 0.5) is 0 Å². The van der Waals surface area contributed by atoms with Crippen LogP contribution >= 0.6 is 0 Å². The van der Waals surface area contributed by atoms with Gasteiger partial charge in [-0.05, 0) is 6.08 Å². The predicted octanol–water partition coefficient (Wildman–Crippen LogP) is 0.807. The minimum absolute atomic E-state index is 0.616. The highest BCUT2D eigenvalue weighted by Crippen LogP contribution is 2.18. The largest absolute Gasteiger partial charge is 0.344 e. The van der Waals surface area contributed by atoms with Gasteiger partial charge in [-0.1, -0.05) is 0 Å². The molecular weight excluding hydrogens is 128 g/mol. The lowest BCUT2D eigenvalue weighted by molar-refractivity contribution is 0.492. The van der Waals surface area contributed by atoms with Gasteiger partial charge in [0.1, 0.15) is 0 Å². The van der Waals surface area contributed by atoms with Gasteiger partial charge in [0, 0.05) is 18.5 Å². The first-order valence-electron chi connectivity index (χ1n) is 2.99. The summed E-state index contributed by atoms with van der Waals surface area (Å²) in [6.07, 6.45) is 8.73. The normalized spacial score (nSPS) is 33.6. The molecule has 0 radical (unpaired) electrons. The molecular formula is C6H6N4. The van der Waals surface area contributed by atoms with Crippen molar-refractivity contribution in [3.05, 3.63) is 24.6 Å². The Kier molecular flexibility index (Phi) is 0.943. The second-order valence-corrected chi connectivity index (χ2v) is 2.04. The molecule has 0 amide bonds. The number of allylic oxidation sites excluding steroid dienone is 1. The molecule has 0 fully saturated rings. The first-order valence-corrected chi connectivity index (χ1v) is 2.99. The maximum Gasteiger partial charge on any atom is 0.265 e. The molecule has 4 nitrogen and oxygen atoms in total. The number of hydrogen-bond donors (Lipinski definition) is 1. The van der Waals surface area contributed by atoms with E-state index >= 15 is 0 Å². The molecule has 2 rings (SSSR count). The molecule has 0 aromatic carbocycles. The third kappa shape index (κ3) is 0.655. The number of hydrogen-bond acceptors (Lipinski definition) is 4. The number of nitrogens with zero attached hydrogens (tertiary/aromatic N) is 3. The molecule has 1 N–H and O–H groups in total. The summed E-state index contributed by atoms with van der Waals surface area (Å²) < 4.78 is 0. The smallest absolute Gasteiger partial charge is 0.265 e. The van der Waals surface area contributed by atoms with E-state index < -0.39 is 5.79 Å². The minimum atomic E-state index is -0.616. The zero-order chi connectivity index (χ0) is 6.86. The molecule has 0 bridgehead atoms. The van der Waals surface area contributed by atoms with Crippen molar-refractivity contribution in [1.29, 1.82) is 0 Å². The van der Waals surface area contributed by atoms with Gasteiger partial charge in [0.05, 0.1) is 6.20 Å². The standard InChI is InChI=1S/C6H6N4/c1-3-7-6(8-4-1)2-5-9-10-6/h1-5,7H. The zero-order valence-electron chi connectivity index (χ0n) is 5.23. The fourth-order valence-corrected chi connectivity index (χ4v) is 0.846. The van der Waals surface area contributed by atoms with Gasteiger partial charge in [0.2, 0.25) is 0 Å². The van der Waals surface area contributed by atoms with Crippen LogP contribution in [0.1, 0.15) is 0 Å². The Balaban J connectivity index is 2.32. The lowest BCUT2D eigenvalue weighted by atomic mass is 10.3. The second kappa shape index (κ2) is 1.76. The zero-order valence-corrected chi connectivity index (χ0v) is 5.23. The molecule has 10 heavy (non-hydrogen) atoms. The summed E-state index contributed by atoms with van der Waals surface area (Å²) in [7, 11) is 0. The van der Waals surface area contributed by atoms with Crippen LogP contribution in [-0.2, 0) is 0 Å². The Hall–Kier alpha value is -1.45. The van der Waals surface area contributed by atoms with Crippen LogP contribution in [0.5, 0.6) is 0 Å². The van der Waals surface area contributed by atoms with Crippen LogP contribution in [-0.4, -0.2) is 12.0 Å². The van der Waals surface area contributed by atoms with E-state index in [2.05, 4.69) is 20.5 Å². The molecule has 0 aliphatic carbocycles. The molecule has 1 unspecified atom stereocenters. The Morgan fingerprint density at radius 2 is 2.40 bits per heavy atom. The van der Waals surface area contributed by atoms with E-state index in [1.54, 1.807) is 24.7 Å². The van der Waals surface area contributed by atoms with E-state index in [0.717, 1.165) is 0 Å². The van der Waals surface area contributed by atoms with E-state index in [1.165, 1.54) is 0 Å². The molecule has 1 spiro atoms. The molecule has 2 aliphatic rings. The highest BCUT2D eigenvalue weighted by Gasteiger charge is 2.26. The predicted molar refractivity (Wildman–Crippen MR) is 37.5 cm³/mol. The highest BCUT2D eigenvalue weighted by atomic mass is 15.4. The molecule has 1 atom stereocenters. The van der Waals surface area contributed by atoms with E-state index in [9.17, 15) is 0 Å². The van der Waals surface area contributed by atoms with Crippen molar-refractivity contribution in [2.75, 3.05) is 0 Å². The fourth-order valence-electron chi connectivity index (χ4n) is 0.846. The van der Waals surface area contributed by atoms with Gasteiger partial charge in [-0.25, -0.2) is 4.99 Å². The topological polar surface area (TPSA) is 49.1 Å². The van der Waals surface area contributed by atoms with E-state index in [1.807, 2.05) is 6.08 Å². The van der Waals surface area contributed by atoms with Crippen LogP contribution in [0.25, 0.3) is 0 Å². The maximum atomic E-state index is 4.09. The van der Waals surface area contributed by atoms with Gasteiger partial charge in [0.15, 0.2) is 0 Å². The van der Waals surface area contributed by atoms with Crippen molar-refractivity contribution in [2.45, 2.75) is 5.79 Å². The van der Waals surface area contributed by atoms with Crippen LogP contribution in [0.15, 0.2) is 39.8 Å². The molecule has 0 aromatic heterocycles. The Morgan fingerprint density at radius 3 is 3.00 bits per heavy atom.